The van der Waals surface area contributed by atoms with Crippen LogP contribution >= 0.6 is 11.8 Å². The Morgan fingerprint density at radius 1 is 0.250 bits per heavy atom. The molecule has 0 aromatic heterocycles. The zero-order valence-electron chi connectivity index (χ0n) is 74.8. The number of hydrogen-bond acceptors (Lipinski definition) is 19. The quantitative estimate of drug-likeness (QED) is 0.0673. The molecule has 8 aromatic rings. The fraction of sp³-hybridized carbons (Fsp3) is 0.505. The van der Waals surface area contributed by atoms with Crippen LogP contribution in [0, 0.1) is 0 Å². The maximum Gasteiger partial charge on any atom is 0.143 e. The Labute approximate surface area is 706 Å². The fourth-order valence-electron chi connectivity index (χ4n) is 12.9. The first kappa shape index (κ1) is 100. The van der Waals surface area contributed by atoms with Gasteiger partial charge >= 0.3 is 0 Å². The van der Waals surface area contributed by atoms with Crippen molar-refractivity contribution in [3.63, 3.8) is 0 Å². The van der Waals surface area contributed by atoms with E-state index < -0.39 is 0 Å². The molecule has 0 bridgehead atoms. The highest BCUT2D eigenvalue weighted by atomic mass is 32.2. The highest BCUT2D eigenvalue weighted by molar-refractivity contribution is 7.99. The number of nitrogens with zero attached hydrogens (tertiary/aromatic N) is 8. The molecule has 0 aliphatic carbocycles. The molecule has 0 saturated carbocycles. The number of rotatable bonds is 20. The molecule has 0 saturated heterocycles. The van der Waals surface area contributed by atoms with Gasteiger partial charge in [-0.1, -0.05) is 270 Å². The van der Waals surface area contributed by atoms with E-state index >= 15 is 0 Å². The highest BCUT2D eigenvalue weighted by Crippen LogP contribution is 2.32. The highest BCUT2D eigenvalue weighted by Gasteiger charge is 2.27. The van der Waals surface area contributed by atoms with Crippen LogP contribution in [0.25, 0.3) is 0 Å². The third kappa shape index (κ3) is 33.8. The Kier molecular flexibility index (Phi) is 53.2. The summed E-state index contributed by atoms with van der Waals surface area (Å²) in [5.74, 6) is 10.4. The minimum Gasteiger partial charge on any atom is -0.478 e. The van der Waals surface area contributed by atoms with E-state index in [2.05, 4.69) is 162 Å². The normalized spacial score (nSPS) is 15.7. The van der Waals surface area contributed by atoms with Crippen molar-refractivity contribution < 1.29 is 47.4 Å². The van der Waals surface area contributed by atoms with Crippen LogP contribution in [-0.4, -0.2) is 176 Å². The Morgan fingerprint density at radius 3 is 0.698 bits per heavy atom. The van der Waals surface area contributed by atoms with Gasteiger partial charge in [0.2, 0.25) is 0 Å². The zero-order valence-corrected chi connectivity index (χ0v) is 75.6. The summed E-state index contributed by atoms with van der Waals surface area (Å²) in [5, 5.41) is 0. The van der Waals surface area contributed by atoms with E-state index in [0.717, 1.165) is 156 Å². The first-order chi connectivity index (χ1) is 57.3. The van der Waals surface area contributed by atoms with Gasteiger partial charge in [0.15, 0.2) is 0 Å². The van der Waals surface area contributed by atoms with Crippen molar-refractivity contribution in [3.05, 3.63) is 239 Å². The Bertz CT molecular complexity index is 3440. The smallest absolute Gasteiger partial charge is 0.143 e. The predicted molar refractivity (Wildman–Crippen MR) is 484 cm³/mol. The van der Waals surface area contributed by atoms with E-state index in [1.807, 2.05) is 221 Å². The van der Waals surface area contributed by atoms with Crippen molar-refractivity contribution in [2.24, 2.45) is 0 Å². The van der Waals surface area contributed by atoms with Gasteiger partial charge in [0, 0.05) is 147 Å². The molecule has 8 aliphatic rings. The molecule has 16 rings (SSSR count). The minimum absolute atomic E-state index is 0.309. The number of hydrogen-bond donors (Lipinski definition) is 0. The van der Waals surface area contributed by atoms with Crippen molar-refractivity contribution in [2.75, 3.05) is 125 Å². The average Bonchev–Trinajstić information content (AvgIpc) is 0.891. The van der Waals surface area contributed by atoms with Gasteiger partial charge < -0.3 is 47.4 Å². The summed E-state index contributed by atoms with van der Waals surface area (Å²) in [6.45, 7) is 60.7. The summed E-state index contributed by atoms with van der Waals surface area (Å²) in [4.78, 5) is 18.5. The van der Waals surface area contributed by atoms with Gasteiger partial charge in [-0.05, 0) is 62.4 Å². The van der Waals surface area contributed by atoms with Crippen molar-refractivity contribution in [3.8, 4) is 46.0 Å². The fourth-order valence-corrected chi connectivity index (χ4v) is 13.9. The third-order valence-electron chi connectivity index (χ3n) is 18.7. The monoisotopic (exact) mass is 1620 g/mol. The predicted octanol–water partition coefficient (Wildman–Crippen LogP) is 21.5. The molecule has 0 N–H and O–H groups in total. The van der Waals surface area contributed by atoms with Crippen molar-refractivity contribution >= 4 is 11.8 Å². The van der Waals surface area contributed by atoms with Crippen molar-refractivity contribution in [1.29, 1.82) is 0 Å². The van der Waals surface area contributed by atoms with Gasteiger partial charge in [0.25, 0.3) is 0 Å². The van der Waals surface area contributed by atoms with E-state index in [1.54, 1.807) is 0 Å². The molecule has 8 aliphatic heterocycles. The maximum absolute atomic E-state index is 6.05. The topological polar surface area (TPSA) is 118 Å². The summed E-state index contributed by atoms with van der Waals surface area (Å²) in [6, 6.07) is 66.7. The van der Waals surface area contributed by atoms with Crippen LogP contribution in [0.15, 0.2) is 194 Å². The van der Waals surface area contributed by atoms with Gasteiger partial charge in [-0.15, -0.1) is 0 Å². The summed E-state index contributed by atoms with van der Waals surface area (Å²) in [6.07, 6.45) is 0. The zero-order chi connectivity index (χ0) is 84.5. The lowest BCUT2D eigenvalue weighted by Crippen LogP contribution is -2.43. The van der Waals surface area contributed by atoms with Crippen LogP contribution in [0.4, 0.5) is 0 Å². The second kappa shape index (κ2) is 61.4. The summed E-state index contributed by atoms with van der Waals surface area (Å²) >= 11 is 2.01. The van der Waals surface area contributed by atoms with Crippen molar-refractivity contribution in [2.45, 2.75) is 203 Å². The van der Waals surface area contributed by atoms with Gasteiger partial charge in [-0.25, -0.2) is 0 Å². The molecule has 18 nitrogen and oxygen atoms in total. The molecule has 0 spiro atoms. The molecule has 0 amide bonds. The molecule has 2 unspecified atom stereocenters. The number of fused-ring (bicyclic) bond motifs is 8. The summed E-state index contributed by atoms with van der Waals surface area (Å²) < 4.78 is 58.4. The Hall–Kier alpha value is -7.89. The van der Waals surface area contributed by atoms with Gasteiger partial charge in [-0.2, -0.15) is 11.8 Å². The number of thioether (sulfide) groups is 1. The molecular weight excluding hydrogens is 1470 g/mol. The van der Waals surface area contributed by atoms with Gasteiger partial charge in [0.05, 0.1) is 33.1 Å². The molecule has 0 radical (unpaired) electrons. The molecule has 0 fully saturated rings. The minimum atomic E-state index is 0.309. The third-order valence-corrected chi connectivity index (χ3v) is 19.6. The summed E-state index contributed by atoms with van der Waals surface area (Å²) in [7, 11) is 0. The number of para-hydroxylation sites is 8. The van der Waals surface area contributed by atoms with E-state index in [9.17, 15) is 0 Å². The largest absolute Gasteiger partial charge is 0.478 e. The van der Waals surface area contributed by atoms with Crippen LogP contribution < -0.4 is 37.9 Å². The van der Waals surface area contributed by atoms with E-state index in [1.165, 1.54) is 44.5 Å². The standard InChI is InChI=1S/C22H28N2O3.C20H24N2O3.C20H24N2O2S.C17H18N2O2.9C2H6/c1-17(23-11-19-7-3-5-9-21(19)26-15-23)13-25-14-18(2)24-12-20-8-4-6-10-22(20)27-16-24;1-3-7-19-17(5-1)13-21(15-24-19)9-11-23-12-10-22-14-18-6-2-4-8-20(18)25-16-22;1-3-7-19-17(5-1)13-21(15-23-19)9-11-25-12-10-22-14-18-6-2-4-8-20(18)24-16-22;1-3-7-16-14(5-1)9-18(12-20-16)11-19-10-15-6-2-4-8-17(15)21-13-19;9*1-2/h3-10,17-18H,11-16H2,1-2H3;2*1-8H,9-16H2;1-8H,9-13H2;9*1-2H3. The Morgan fingerprint density at radius 2 is 0.448 bits per heavy atom. The lowest BCUT2D eigenvalue weighted by atomic mass is 10.1. The molecule has 2 atom stereocenters. The van der Waals surface area contributed by atoms with Crippen molar-refractivity contribution in [1.82, 2.24) is 39.2 Å². The first-order valence-electron chi connectivity index (χ1n) is 43.6. The summed E-state index contributed by atoms with van der Waals surface area (Å²) in [5.41, 5.74) is 10.1. The number of benzene rings is 8. The van der Waals surface area contributed by atoms with E-state index in [4.69, 9.17) is 47.4 Å². The first-order valence-corrected chi connectivity index (χ1v) is 44.7. The van der Waals surface area contributed by atoms with Crippen LogP contribution in [0.3, 0.4) is 0 Å². The average molecular weight is 1620 g/mol. The molecular formula is C97H148N8O10S. The number of ether oxygens (including phenoxy) is 10. The second-order valence-electron chi connectivity index (χ2n) is 26.0. The lowest BCUT2D eigenvalue weighted by Gasteiger charge is -2.35. The SMILES string of the molecule is CC.CC.CC.CC.CC.CC.CC.CC.CC.CC(COCC(C)N1COc2ccccc2C1)N1COc2ccccc2C1.c1ccc2c(c1)CN(CCOCCN1COc3ccccc3C1)CO2.c1ccc2c(c1)CN(CCSCCN1COc3ccccc3C1)CO2.c1ccc2c(c1)CN(CN1COc3ccccc3C1)CO2. The van der Waals surface area contributed by atoms with Gasteiger partial charge in [-0.3, -0.25) is 39.2 Å². The molecule has 642 valence electrons. The molecule has 8 heterocycles. The lowest BCUT2D eigenvalue weighted by molar-refractivity contribution is -0.0188. The van der Waals surface area contributed by atoms with Crippen LogP contribution in [-0.2, 0) is 61.8 Å². The Balaban J connectivity index is 0.000000306. The molecule has 8 aromatic carbocycles. The maximum atomic E-state index is 6.05. The molecule has 19 heteroatoms. The van der Waals surface area contributed by atoms with Crippen LogP contribution in [0.1, 0.15) is 183 Å². The van der Waals surface area contributed by atoms with Crippen LogP contribution in [0.5, 0.6) is 46.0 Å². The second-order valence-corrected chi connectivity index (χ2v) is 27.2. The van der Waals surface area contributed by atoms with E-state index in [-0.39, 0.29) is 0 Å². The van der Waals surface area contributed by atoms with Crippen LogP contribution in [0.2, 0.25) is 0 Å². The molecule has 116 heavy (non-hydrogen) atoms. The van der Waals surface area contributed by atoms with Gasteiger partial charge in [0.1, 0.15) is 99.8 Å². The van der Waals surface area contributed by atoms with E-state index in [0.29, 0.717) is 79.1 Å².